The lowest BCUT2D eigenvalue weighted by atomic mass is 9.97. The largest absolute Gasteiger partial charge is 0.478 e. The first kappa shape index (κ1) is 16.3. The number of hydrogen-bond acceptors (Lipinski definition) is 4. The monoisotopic (exact) mass is 335 g/mol. The lowest BCUT2D eigenvalue weighted by molar-refractivity contribution is -0.131. The van der Waals surface area contributed by atoms with E-state index in [1.54, 1.807) is 24.3 Å². The number of thioether (sulfide) groups is 1. The number of nitrogens with zero attached hydrogens (tertiary/aromatic N) is 1. The topological polar surface area (TPSA) is 66.8 Å². The van der Waals surface area contributed by atoms with Crippen molar-refractivity contribution in [3.63, 3.8) is 0 Å². The first-order valence-electron chi connectivity index (χ1n) is 7.90. The summed E-state index contributed by atoms with van der Waals surface area (Å²) in [4.78, 5) is 25.8. The number of carboxylic acid groups (broad SMARTS) is 1. The minimum Gasteiger partial charge on any atom is -0.478 e. The molecule has 124 valence electrons. The highest BCUT2D eigenvalue weighted by Crippen LogP contribution is 2.39. The predicted octanol–water partition coefficient (Wildman–Crippen LogP) is 2.05. The molecule has 1 N–H and O–H groups in total. The molecule has 2 heterocycles. The van der Waals surface area contributed by atoms with E-state index in [0.717, 1.165) is 44.9 Å². The second-order valence-electron chi connectivity index (χ2n) is 6.10. The Hall–Kier alpha value is -1.53. The van der Waals surface area contributed by atoms with Crippen LogP contribution in [0.3, 0.4) is 0 Å². The van der Waals surface area contributed by atoms with Crippen molar-refractivity contribution in [2.24, 2.45) is 0 Å². The van der Waals surface area contributed by atoms with Gasteiger partial charge in [-0.3, -0.25) is 4.79 Å². The number of carboxylic acids is 1. The number of hydrogen-bond donors (Lipinski definition) is 1. The zero-order valence-electron chi connectivity index (χ0n) is 13.0. The molecule has 23 heavy (non-hydrogen) atoms. The summed E-state index contributed by atoms with van der Waals surface area (Å²) < 4.78 is 5.57. The van der Waals surface area contributed by atoms with Gasteiger partial charge in [0.2, 0.25) is 5.91 Å². The van der Waals surface area contributed by atoms with Crippen LogP contribution in [-0.4, -0.2) is 58.7 Å². The summed E-state index contributed by atoms with van der Waals surface area (Å²) in [6, 6.07) is 6.74. The Bertz CT molecular complexity index is 593. The minimum atomic E-state index is -0.983. The summed E-state index contributed by atoms with van der Waals surface area (Å²) in [7, 11) is 0. The summed E-state index contributed by atoms with van der Waals surface area (Å²) >= 11 is 1.95. The number of aromatic carboxylic acids is 1. The van der Waals surface area contributed by atoms with Gasteiger partial charge in [-0.15, -0.1) is 0 Å². The molecular weight excluding hydrogens is 314 g/mol. The van der Waals surface area contributed by atoms with Crippen LogP contribution in [0.4, 0.5) is 0 Å². The van der Waals surface area contributed by atoms with Crippen LogP contribution in [0.2, 0.25) is 0 Å². The van der Waals surface area contributed by atoms with E-state index in [0.29, 0.717) is 5.56 Å². The van der Waals surface area contributed by atoms with E-state index in [1.165, 1.54) is 0 Å². The first-order valence-corrected chi connectivity index (χ1v) is 8.89. The molecule has 0 atom stereocenters. The molecule has 1 aromatic rings. The lowest BCUT2D eigenvalue weighted by Crippen LogP contribution is -2.51. The van der Waals surface area contributed by atoms with Crippen molar-refractivity contribution in [2.45, 2.75) is 24.0 Å². The van der Waals surface area contributed by atoms with Crippen LogP contribution in [0.5, 0.6) is 0 Å². The number of ether oxygens (including phenoxy) is 1. The number of amides is 1. The number of benzene rings is 1. The molecule has 1 spiro atoms. The van der Waals surface area contributed by atoms with Crippen LogP contribution in [0.15, 0.2) is 24.3 Å². The zero-order chi connectivity index (χ0) is 16.3. The highest BCUT2D eigenvalue weighted by Gasteiger charge is 2.39. The molecule has 0 saturated carbocycles. The van der Waals surface area contributed by atoms with E-state index in [-0.39, 0.29) is 22.6 Å². The number of carbonyl (C=O) groups excluding carboxylic acids is 1. The Labute approximate surface area is 140 Å². The maximum Gasteiger partial charge on any atom is 0.335 e. The van der Waals surface area contributed by atoms with Crippen molar-refractivity contribution in [3.8, 4) is 0 Å². The Morgan fingerprint density at radius 2 is 2.00 bits per heavy atom. The maximum atomic E-state index is 12.7. The smallest absolute Gasteiger partial charge is 0.335 e. The van der Waals surface area contributed by atoms with Crippen LogP contribution >= 0.6 is 11.8 Å². The number of carbonyl (C=O) groups is 2. The van der Waals surface area contributed by atoms with Gasteiger partial charge in [-0.25, -0.2) is 4.79 Å². The molecule has 0 aromatic heterocycles. The van der Waals surface area contributed by atoms with Gasteiger partial charge in [0.15, 0.2) is 0 Å². The van der Waals surface area contributed by atoms with Crippen molar-refractivity contribution in [3.05, 3.63) is 35.4 Å². The highest BCUT2D eigenvalue weighted by atomic mass is 32.2. The molecule has 0 unspecified atom stereocenters. The van der Waals surface area contributed by atoms with Gasteiger partial charge in [0, 0.05) is 36.8 Å². The molecular formula is C17H21NO4S. The summed E-state index contributed by atoms with van der Waals surface area (Å²) in [6.07, 6.45) is 2.11. The first-order chi connectivity index (χ1) is 11.1. The third-order valence-corrected chi connectivity index (χ3v) is 6.13. The standard InChI is InChI=1S/C17H21NO4S/c19-15(11-13-3-1-2-4-14(13)16(20)21)18-7-10-23-17(12-18)5-8-22-9-6-17/h1-4H,5-12H2,(H,20,21). The van der Waals surface area contributed by atoms with Crippen molar-refractivity contribution < 1.29 is 19.4 Å². The van der Waals surface area contributed by atoms with Crippen molar-refractivity contribution in [1.29, 1.82) is 0 Å². The minimum absolute atomic E-state index is 0.0184. The lowest BCUT2D eigenvalue weighted by Gasteiger charge is -2.44. The van der Waals surface area contributed by atoms with E-state index < -0.39 is 5.97 Å². The van der Waals surface area contributed by atoms with Gasteiger partial charge in [-0.1, -0.05) is 18.2 Å². The molecule has 1 aromatic carbocycles. The molecule has 0 radical (unpaired) electrons. The molecule has 5 nitrogen and oxygen atoms in total. The second-order valence-corrected chi connectivity index (χ2v) is 7.66. The molecule has 6 heteroatoms. The van der Waals surface area contributed by atoms with E-state index in [4.69, 9.17) is 4.74 Å². The molecule has 3 rings (SSSR count). The van der Waals surface area contributed by atoms with Crippen LogP contribution < -0.4 is 0 Å². The van der Waals surface area contributed by atoms with Crippen LogP contribution in [0.25, 0.3) is 0 Å². The third kappa shape index (κ3) is 3.70. The highest BCUT2D eigenvalue weighted by molar-refractivity contribution is 8.00. The number of rotatable bonds is 3. The third-order valence-electron chi connectivity index (χ3n) is 4.59. The van der Waals surface area contributed by atoms with Gasteiger partial charge in [-0.2, -0.15) is 11.8 Å². The quantitative estimate of drug-likeness (QED) is 0.916. The van der Waals surface area contributed by atoms with Gasteiger partial charge < -0.3 is 14.7 Å². The molecule has 0 bridgehead atoms. The molecule has 2 fully saturated rings. The molecule has 0 aliphatic carbocycles. The van der Waals surface area contributed by atoms with Gasteiger partial charge >= 0.3 is 5.97 Å². The van der Waals surface area contributed by atoms with Gasteiger partial charge in [-0.05, 0) is 24.5 Å². The Morgan fingerprint density at radius 1 is 1.26 bits per heavy atom. The van der Waals surface area contributed by atoms with Crippen LogP contribution in [0, 0.1) is 0 Å². The molecule has 2 saturated heterocycles. The van der Waals surface area contributed by atoms with Gasteiger partial charge in [0.1, 0.15) is 0 Å². The predicted molar refractivity (Wildman–Crippen MR) is 88.9 cm³/mol. The Balaban J connectivity index is 1.70. The maximum absolute atomic E-state index is 12.7. The fourth-order valence-electron chi connectivity index (χ4n) is 3.26. The van der Waals surface area contributed by atoms with E-state index in [2.05, 4.69) is 0 Å². The van der Waals surface area contributed by atoms with Crippen molar-refractivity contribution >= 4 is 23.6 Å². The average Bonchev–Trinajstić information content (AvgIpc) is 2.56. The van der Waals surface area contributed by atoms with Crippen molar-refractivity contribution in [1.82, 2.24) is 4.90 Å². The summed E-state index contributed by atoms with van der Waals surface area (Å²) in [5.74, 6) is -0.0277. The average molecular weight is 335 g/mol. The summed E-state index contributed by atoms with van der Waals surface area (Å²) in [5, 5.41) is 9.25. The van der Waals surface area contributed by atoms with Gasteiger partial charge in [0.25, 0.3) is 0 Å². The fourth-order valence-corrected chi connectivity index (χ4v) is 4.71. The summed E-state index contributed by atoms with van der Waals surface area (Å²) in [6.45, 7) is 3.00. The normalized spacial score (nSPS) is 20.4. The molecule has 2 aliphatic heterocycles. The second kappa shape index (κ2) is 6.93. The summed E-state index contributed by atoms with van der Waals surface area (Å²) in [5.41, 5.74) is 0.803. The van der Waals surface area contributed by atoms with E-state index >= 15 is 0 Å². The molecule has 2 aliphatic rings. The molecule has 1 amide bonds. The van der Waals surface area contributed by atoms with Crippen LogP contribution in [0.1, 0.15) is 28.8 Å². The van der Waals surface area contributed by atoms with E-state index in [9.17, 15) is 14.7 Å². The van der Waals surface area contributed by atoms with E-state index in [1.807, 2.05) is 16.7 Å². The van der Waals surface area contributed by atoms with Gasteiger partial charge in [0.05, 0.1) is 12.0 Å². The Morgan fingerprint density at radius 3 is 2.74 bits per heavy atom. The Kier molecular flexibility index (Phi) is 4.92. The zero-order valence-corrected chi connectivity index (χ0v) is 13.8. The SMILES string of the molecule is O=C(O)c1ccccc1CC(=O)N1CCSC2(CCOCC2)C1. The van der Waals surface area contributed by atoms with Crippen LogP contribution in [-0.2, 0) is 16.0 Å². The fraction of sp³-hybridized carbons (Fsp3) is 0.529. The van der Waals surface area contributed by atoms with Crippen molar-refractivity contribution in [2.75, 3.05) is 32.1 Å².